The van der Waals surface area contributed by atoms with Crippen molar-refractivity contribution in [2.24, 2.45) is 5.92 Å². The van der Waals surface area contributed by atoms with E-state index in [4.69, 9.17) is 35.4 Å². The summed E-state index contributed by atoms with van der Waals surface area (Å²) in [4.78, 5) is 2.50. The Balaban J connectivity index is 1.58. The van der Waals surface area contributed by atoms with Crippen LogP contribution >= 0.6 is 35.4 Å². The lowest BCUT2D eigenvalue weighted by molar-refractivity contribution is 0.0815. The van der Waals surface area contributed by atoms with Crippen molar-refractivity contribution in [1.82, 2.24) is 10.2 Å². The van der Waals surface area contributed by atoms with Crippen LogP contribution in [0.15, 0.2) is 18.2 Å². The van der Waals surface area contributed by atoms with Gasteiger partial charge in [-0.15, -0.1) is 0 Å². The molecule has 0 unspecified atom stereocenters. The number of hydrogen-bond acceptors (Lipinski definition) is 2. The molecule has 0 saturated carbocycles. The van der Waals surface area contributed by atoms with Gasteiger partial charge in [-0.05, 0) is 62.3 Å². The van der Waals surface area contributed by atoms with Gasteiger partial charge in [0.05, 0.1) is 10.0 Å². The van der Waals surface area contributed by atoms with E-state index < -0.39 is 0 Å². The summed E-state index contributed by atoms with van der Waals surface area (Å²) in [6.45, 7) is 3.56. The number of halogens is 2. The molecule has 6 heteroatoms. The van der Waals surface area contributed by atoms with Crippen LogP contribution in [0.2, 0.25) is 10.0 Å². The van der Waals surface area contributed by atoms with Gasteiger partial charge in [0.15, 0.2) is 5.11 Å². The van der Waals surface area contributed by atoms with Crippen molar-refractivity contribution in [1.29, 1.82) is 0 Å². The van der Waals surface area contributed by atoms with Gasteiger partial charge in [0.2, 0.25) is 0 Å². The van der Waals surface area contributed by atoms with Crippen LogP contribution in [0.25, 0.3) is 0 Å². The van der Waals surface area contributed by atoms with Crippen LogP contribution in [0.3, 0.4) is 0 Å². The van der Waals surface area contributed by atoms with Crippen molar-refractivity contribution < 1.29 is 0 Å². The maximum atomic E-state index is 6.00. The minimum absolute atomic E-state index is 0.459. The fraction of sp³-hybridized carbons (Fsp3) is 0.500. The number of anilines is 1. The minimum Gasteiger partial charge on any atom is -0.358 e. The summed E-state index contributed by atoms with van der Waals surface area (Å²) >= 11 is 17.3. The van der Waals surface area contributed by atoms with E-state index in [9.17, 15) is 0 Å². The molecule has 0 aliphatic carbocycles. The van der Waals surface area contributed by atoms with Gasteiger partial charge in [0, 0.05) is 18.3 Å². The zero-order chi connectivity index (χ0) is 14.1. The molecule has 1 aromatic carbocycles. The van der Waals surface area contributed by atoms with Crippen molar-refractivity contribution in [3.8, 4) is 0 Å². The molecule has 2 bridgehead atoms. The van der Waals surface area contributed by atoms with Crippen LogP contribution in [-0.4, -0.2) is 35.7 Å². The maximum absolute atomic E-state index is 6.00. The highest BCUT2D eigenvalue weighted by molar-refractivity contribution is 7.80. The second-order valence-electron chi connectivity index (χ2n) is 5.47. The number of benzene rings is 1. The summed E-state index contributed by atoms with van der Waals surface area (Å²) in [6.07, 6.45) is 2.54. The highest BCUT2D eigenvalue weighted by Gasteiger charge is 2.34. The standard InChI is InChI=1S/C14H17Cl2N3S/c15-11-2-1-10(7-12(11)16)17-14(20)18-13-8-19-5-3-9(13)4-6-19/h1-2,7,9,13H,3-6,8H2,(H2,17,18,20)/t13-/m1/s1. The van der Waals surface area contributed by atoms with Gasteiger partial charge in [-0.25, -0.2) is 0 Å². The molecule has 3 saturated heterocycles. The molecule has 0 aromatic heterocycles. The Kier molecular flexibility index (Phi) is 4.36. The Morgan fingerprint density at radius 1 is 1.20 bits per heavy atom. The zero-order valence-corrected chi connectivity index (χ0v) is 13.4. The number of nitrogens with one attached hydrogen (secondary N) is 2. The van der Waals surface area contributed by atoms with Gasteiger partial charge in [-0.3, -0.25) is 0 Å². The number of fused-ring (bicyclic) bond motifs is 3. The minimum atomic E-state index is 0.459. The van der Waals surface area contributed by atoms with Crippen LogP contribution < -0.4 is 10.6 Å². The summed E-state index contributed by atoms with van der Waals surface area (Å²) in [5, 5.41) is 8.35. The summed E-state index contributed by atoms with van der Waals surface area (Å²) < 4.78 is 0. The largest absolute Gasteiger partial charge is 0.358 e. The first-order valence-corrected chi connectivity index (χ1v) is 8.03. The molecule has 0 radical (unpaired) electrons. The third-order valence-electron chi connectivity index (χ3n) is 4.15. The number of nitrogens with zero attached hydrogens (tertiary/aromatic N) is 1. The zero-order valence-electron chi connectivity index (χ0n) is 11.0. The molecule has 1 atom stereocenters. The lowest BCUT2D eigenvalue weighted by atomic mass is 9.84. The molecule has 3 aliphatic heterocycles. The van der Waals surface area contributed by atoms with Crippen molar-refractivity contribution in [3.63, 3.8) is 0 Å². The summed E-state index contributed by atoms with van der Waals surface area (Å²) in [7, 11) is 0. The number of thiocarbonyl (C=S) groups is 1. The smallest absolute Gasteiger partial charge is 0.171 e. The van der Waals surface area contributed by atoms with Gasteiger partial charge in [0.25, 0.3) is 0 Å². The fourth-order valence-electron chi connectivity index (χ4n) is 3.04. The third kappa shape index (κ3) is 3.19. The van der Waals surface area contributed by atoms with Crippen LogP contribution in [-0.2, 0) is 0 Å². The first-order chi connectivity index (χ1) is 9.61. The Morgan fingerprint density at radius 2 is 1.95 bits per heavy atom. The third-order valence-corrected chi connectivity index (χ3v) is 5.11. The van der Waals surface area contributed by atoms with Crippen LogP contribution in [0, 0.1) is 5.92 Å². The Bertz CT molecular complexity index is 515. The van der Waals surface area contributed by atoms with E-state index in [2.05, 4.69) is 15.5 Å². The van der Waals surface area contributed by atoms with E-state index in [-0.39, 0.29) is 0 Å². The average Bonchev–Trinajstić information content (AvgIpc) is 2.44. The molecule has 0 amide bonds. The van der Waals surface area contributed by atoms with Crippen molar-refractivity contribution >= 4 is 46.2 Å². The summed E-state index contributed by atoms with van der Waals surface area (Å²) in [5.41, 5.74) is 0.859. The second kappa shape index (κ2) is 6.06. The Morgan fingerprint density at radius 3 is 2.55 bits per heavy atom. The van der Waals surface area contributed by atoms with Gasteiger partial charge < -0.3 is 15.5 Å². The van der Waals surface area contributed by atoms with E-state index in [1.165, 1.54) is 25.9 Å². The second-order valence-corrected chi connectivity index (χ2v) is 6.69. The van der Waals surface area contributed by atoms with E-state index in [0.717, 1.165) is 18.2 Å². The molecular formula is C14H17Cl2N3S. The first kappa shape index (κ1) is 14.4. The maximum Gasteiger partial charge on any atom is 0.171 e. The average molecular weight is 330 g/mol. The highest BCUT2D eigenvalue weighted by Crippen LogP contribution is 2.28. The highest BCUT2D eigenvalue weighted by atomic mass is 35.5. The van der Waals surface area contributed by atoms with Gasteiger partial charge >= 0.3 is 0 Å². The molecule has 2 N–H and O–H groups in total. The first-order valence-electron chi connectivity index (χ1n) is 6.87. The summed E-state index contributed by atoms with van der Waals surface area (Å²) in [6, 6.07) is 5.89. The molecule has 4 rings (SSSR count). The SMILES string of the molecule is S=C(Nc1ccc(Cl)c(Cl)c1)N[C@@H]1CN2CCC1CC2. The Hall–Kier alpha value is -0.550. The van der Waals surface area contributed by atoms with Crippen LogP contribution in [0.4, 0.5) is 5.69 Å². The van der Waals surface area contributed by atoms with Gasteiger partial charge in [0.1, 0.15) is 0 Å². The van der Waals surface area contributed by atoms with E-state index in [0.29, 0.717) is 21.2 Å². The van der Waals surface area contributed by atoms with Crippen LogP contribution in [0.5, 0.6) is 0 Å². The topological polar surface area (TPSA) is 27.3 Å². The molecule has 3 nitrogen and oxygen atoms in total. The molecular weight excluding hydrogens is 313 g/mol. The number of hydrogen-bond donors (Lipinski definition) is 2. The number of rotatable bonds is 2. The number of piperidine rings is 3. The predicted molar refractivity (Wildman–Crippen MR) is 88.8 cm³/mol. The normalized spacial score (nSPS) is 28.2. The van der Waals surface area contributed by atoms with Crippen molar-refractivity contribution in [2.75, 3.05) is 25.0 Å². The monoisotopic (exact) mass is 329 g/mol. The lowest BCUT2D eigenvalue weighted by Gasteiger charge is -2.45. The molecule has 3 heterocycles. The van der Waals surface area contributed by atoms with E-state index in [1.807, 2.05) is 6.07 Å². The molecule has 0 spiro atoms. The lowest BCUT2D eigenvalue weighted by Crippen LogP contribution is -2.57. The fourth-order valence-corrected chi connectivity index (χ4v) is 3.61. The van der Waals surface area contributed by atoms with E-state index in [1.54, 1.807) is 12.1 Å². The molecule has 20 heavy (non-hydrogen) atoms. The summed E-state index contributed by atoms with van der Waals surface area (Å²) in [5.74, 6) is 0.744. The quantitative estimate of drug-likeness (QED) is 0.813. The van der Waals surface area contributed by atoms with Gasteiger partial charge in [-0.2, -0.15) is 0 Å². The molecule has 3 aliphatic rings. The Labute approximate surface area is 134 Å². The van der Waals surface area contributed by atoms with Gasteiger partial charge in [-0.1, -0.05) is 23.2 Å². The molecule has 1 aromatic rings. The van der Waals surface area contributed by atoms with Crippen molar-refractivity contribution in [2.45, 2.75) is 18.9 Å². The predicted octanol–water partition coefficient (Wildman–Crippen LogP) is 3.37. The van der Waals surface area contributed by atoms with Crippen molar-refractivity contribution in [3.05, 3.63) is 28.2 Å². The molecule has 3 fully saturated rings. The molecule has 108 valence electrons. The van der Waals surface area contributed by atoms with Crippen LogP contribution in [0.1, 0.15) is 12.8 Å². The van der Waals surface area contributed by atoms with E-state index >= 15 is 0 Å².